The number of benzene rings is 1. The summed E-state index contributed by atoms with van der Waals surface area (Å²) in [5.74, 6) is -0.880. The second-order valence-corrected chi connectivity index (χ2v) is 4.45. The molecule has 18 heavy (non-hydrogen) atoms. The molecule has 1 aliphatic heterocycles. The van der Waals surface area contributed by atoms with E-state index in [0.717, 1.165) is 13.1 Å². The van der Waals surface area contributed by atoms with Crippen molar-refractivity contribution in [2.45, 2.75) is 25.7 Å². The Hall–Kier alpha value is -1.10. The molecule has 1 saturated heterocycles. The highest BCUT2D eigenvalue weighted by molar-refractivity contribution is 5.85. The van der Waals surface area contributed by atoms with E-state index in [-0.39, 0.29) is 18.5 Å². The summed E-state index contributed by atoms with van der Waals surface area (Å²) in [6.45, 7) is 3.92. The van der Waals surface area contributed by atoms with E-state index in [1.54, 1.807) is 0 Å². The van der Waals surface area contributed by atoms with Gasteiger partial charge in [-0.1, -0.05) is 30.3 Å². The molecular formula is C13H18ClNO3. The molecule has 0 bridgehead atoms. The van der Waals surface area contributed by atoms with Crippen LogP contribution in [0.5, 0.6) is 0 Å². The maximum Gasteiger partial charge on any atom is 0.334 e. The van der Waals surface area contributed by atoms with E-state index < -0.39 is 12.1 Å². The summed E-state index contributed by atoms with van der Waals surface area (Å²) in [6.07, 6.45) is -0.740. The molecule has 0 aromatic heterocycles. The summed E-state index contributed by atoms with van der Waals surface area (Å²) in [5.41, 5.74) is 1.20. The van der Waals surface area contributed by atoms with Gasteiger partial charge in [-0.25, -0.2) is 4.79 Å². The number of morpholine rings is 1. The Morgan fingerprint density at radius 2 is 2.06 bits per heavy atom. The van der Waals surface area contributed by atoms with E-state index in [0.29, 0.717) is 6.54 Å². The molecule has 1 N–H and O–H groups in total. The maximum absolute atomic E-state index is 10.9. The molecule has 1 fully saturated rings. The van der Waals surface area contributed by atoms with E-state index in [9.17, 15) is 4.79 Å². The van der Waals surface area contributed by atoms with Crippen LogP contribution in [0.3, 0.4) is 0 Å². The zero-order valence-electron chi connectivity index (χ0n) is 10.3. The maximum atomic E-state index is 10.9. The first-order valence-corrected chi connectivity index (χ1v) is 5.79. The Morgan fingerprint density at radius 1 is 1.39 bits per heavy atom. The summed E-state index contributed by atoms with van der Waals surface area (Å²) in [6, 6.07) is 10.1. The molecule has 0 amide bonds. The van der Waals surface area contributed by atoms with Gasteiger partial charge in [0.2, 0.25) is 0 Å². The fourth-order valence-corrected chi connectivity index (χ4v) is 2.15. The molecule has 0 radical (unpaired) electrons. The summed E-state index contributed by atoms with van der Waals surface area (Å²) >= 11 is 0. The average Bonchev–Trinajstić information content (AvgIpc) is 2.29. The van der Waals surface area contributed by atoms with E-state index in [4.69, 9.17) is 9.84 Å². The number of halogens is 1. The first kappa shape index (κ1) is 15.0. The van der Waals surface area contributed by atoms with Crippen LogP contribution >= 0.6 is 12.4 Å². The SMILES string of the molecule is CC1CN(Cc2ccccc2)CC(C(=O)O)O1.Cl. The molecule has 1 heterocycles. The van der Waals surface area contributed by atoms with Gasteiger partial charge >= 0.3 is 5.97 Å². The van der Waals surface area contributed by atoms with Crippen LogP contribution in [-0.2, 0) is 16.1 Å². The molecule has 1 aliphatic rings. The molecule has 1 aromatic rings. The van der Waals surface area contributed by atoms with Gasteiger partial charge in [0.05, 0.1) is 6.10 Å². The van der Waals surface area contributed by atoms with Crippen molar-refractivity contribution >= 4 is 18.4 Å². The molecule has 4 nitrogen and oxygen atoms in total. The van der Waals surface area contributed by atoms with Gasteiger partial charge in [-0.3, -0.25) is 4.90 Å². The Labute approximate surface area is 113 Å². The highest BCUT2D eigenvalue weighted by atomic mass is 35.5. The highest BCUT2D eigenvalue weighted by Crippen LogP contribution is 2.14. The summed E-state index contributed by atoms with van der Waals surface area (Å²) in [5, 5.41) is 8.99. The van der Waals surface area contributed by atoms with Gasteiger partial charge in [-0.15, -0.1) is 12.4 Å². The summed E-state index contributed by atoms with van der Waals surface area (Å²) in [4.78, 5) is 13.1. The molecule has 2 atom stereocenters. The quantitative estimate of drug-likeness (QED) is 0.911. The topological polar surface area (TPSA) is 49.8 Å². The number of aliphatic carboxylic acids is 1. The third-order valence-corrected chi connectivity index (χ3v) is 2.86. The molecular weight excluding hydrogens is 254 g/mol. The predicted molar refractivity (Wildman–Crippen MR) is 70.9 cm³/mol. The predicted octanol–water partition coefficient (Wildman–Crippen LogP) is 1.78. The lowest BCUT2D eigenvalue weighted by molar-refractivity contribution is -0.163. The van der Waals surface area contributed by atoms with Gasteiger partial charge in [0.1, 0.15) is 0 Å². The lowest BCUT2D eigenvalue weighted by Gasteiger charge is -2.34. The second-order valence-electron chi connectivity index (χ2n) is 4.45. The molecule has 0 spiro atoms. The molecule has 2 rings (SSSR count). The minimum absolute atomic E-state index is 0. The summed E-state index contributed by atoms with van der Waals surface area (Å²) < 4.78 is 5.37. The number of carbonyl (C=O) groups is 1. The summed E-state index contributed by atoms with van der Waals surface area (Å²) in [7, 11) is 0. The third-order valence-electron chi connectivity index (χ3n) is 2.86. The van der Waals surface area contributed by atoms with Crippen molar-refractivity contribution in [3.8, 4) is 0 Å². The van der Waals surface area contributed by atoms with E-state index in [1.165, 1.54) is 5.56 Å². The first-order chi connectivity index (χ1) is 8.15. The van der Waals surface area contributed by atoms with Crippen molar-refractivity contribution in [3.05, 3.63) is 35.9 Å². The fraction of sp³-hybridized carbons (Fsp3) is 0.462. The number of hydrogen-bond donors (Lipinski definition) is 1. The zero-order valence-corrected chi connectivity index (χ0v) is 11.1. The smallest absolute Gasteiger partial charge is 0.334 e. The molecule has 5 heteroatoms. The van der Waals surface area contributed by atoms with Gasteiger partial charge in [0.25, 0.3) is 0 Å². The highest BCUT2D eigenvalue weighted by Gasteiger charge is 2.29. The van der Waals surface area contributed by atoms with Crippen LogP contribution in [-0.4, -0.2) is 41.3 Å². The molecule has 0 saturated carbocycles. The fourth-order valence-electron chi connectivity index (χ4n) is 2.15. The number of carboxylic acid groups (broad SMARTS) is 1. The molecule has 100 valence electrons. The van der Waals surface area contributed by atoms with Crippen LogP contribution in [0.4, 0.5) is 0 Å². The van der Waals surface area contributed by atoms with Crippen LogP contribution < -0.4 is 0 Å². The molecule has 2 unspecified atom stereocenters. The Bertz CT molecular complexity index is 385. The van der Waals surface area contributed by atoms with Crippen molar-refractivity contribution in [3.63, 3.8) is 0 Å². The first-order valence-electron chi connectivity index (χ1n) is 5.79. The normalized spacial score (nSPS) is 24.3. The van der Waals surface area contributed by atoms with Crippen LogP contribution in [0.15, 0.2) is 30.3 Å². The van der Waals surface area contributed by atoms with Gasteiger partial charge in [0, 0.05) is 19.6 Å². The minimum atomic E-state index is -0.880. The van der Waals surface area contributed by atoms with Crippen LogP contribution in [0.1, 0.15) is 12.5 Å². The minimum Gasteiger partial charge on any atom is -0.479 e. The van der Waals surface area contributed by atoms with E-state index >= 15 is 0 Å². The monoisotopic (exact) mass is 271 g/mol. The standard InChI is InChI=1S/C13H17NO3.ClH/c1-10-7-14(9-12(17-10)13(15)16)8-11-5-3-2-4-6-11;/h2-6,10,12H,7-9H2,1H3,(H,15,16);1H. The molecule has 1 aromatic carbocycles. The number of nitrogens with zero attached hydrogens (tertiary/aromatic N) is 1. The van der Waals surface area contributed by atoms with E-state index in [2.05, 4.69) is 17.0 Å². The van der Waals surface area contributed by atoms with Gasteiger partial charge in [-0.05, 0) is 12.5 Å². The number of carboxylic acids is 1. The lowest BCUT2D eigenvalue weighted by atomic mass is 10.1. The van der Waals surface area contributed by atoms with E-state index in [1.807, 2.05) is 25.1 Å². The number of rotatable bonds is 3. The van der Waals surface area contributed by atoms with Crippen molar-refractivity contribution in [2.24, 2.45) is 0 Å². The Kier molecular flexibility index (Phi) is 5.59. The Balaban J connectivity index is 0.00000162. The lowest BCUT2D eigenvalue weighted by Crippen LogP contribution is -2.49. The molecule has 0 aliphatic carbocycles. The van der Waals surface area contributed by atoms with Gasteiger partial charge in [-0.2, -0.15) is 0 Å². The third kappa shape index (κ3) is 3.98. The zero-order chi connectivity index (χ0) is 12.3. The van der Waals surface area contributed by atoms with Crippen molar-refractivity contribution < 1.29 is 14.6 Å². The van der Waals surface area contributed by atoms with Crippen molar-refractivity contribution in [1.82, 2.24) is 4.90 Å². The second kappa shape index (κ2) is 6.73. The number of hydrogen-bond acceptors (Lipinski definition) is 3. The van der Waals surface area contributed by atoms with Gasteiger partial charge in [0.15, 0.2) is 6.10 Å². The van der Waals surface area contributed by atoms with Gasteiger partial charge < -0.3 is 9.84 Å². The van der Waals surface area contributed by atoms with Crippen LogP contribution in [0.25, 0.3) is 0 Å². The van der Waals surface area contributed by atoms with Crippen LogP contribution in [0.2, 0.25) is 0 Å². The number of ether oxygens (including phenoxy) is 1. The largest absolute Gasteiger partial charge is 0.479 e. The van der Waals surface area contributed by atoms with Crippen LogP contribution in [0, 0.1) is 0 Å². The Morgan fingerprint density at radius 3 is 2.67 bits per heavy atom. The van der Waals surface area contributed by atoms with Crippen molar-refractivity contribution in [2.75, 3.05) is 13.1 Å². The van der Waals surface area contributed by atoms with Crippen molar-refractivity contribution in [1.29, 1.82) is 0 Å². The average molecular weight is 272 g/mol.